The average Bonchev–Trinajstić information content (AvgIpc) is 3.66. The molecule has 2 heteroatoms. The van der Waals surface area contributed by atoms with Crippen LogP contribution in [0.2, 0.25) is 6.55 Å². The summed E-state index contributed by atoms with van der Waals surface area (Å²) in [5, 5.41) is 15.0. The van der Waals surface area contributed by atoms with Crippen molar-refractivity contribution in [1.29, 1.82) is 0 Å². The monoisotopic (exact) mass is 838 g/mol. The van der Waals surface area contributed by atoms with Crippen molar-refractivity contribution in [2.45, 2.75) is 20.4 Å². The molecule has 9 aromatic rings. The third kappa shape index (κ3) is 5.61. The molecule has 246 valence electrons. The molecule has 9 aromatic carbocycles. The zero-order chi connectivity index (χ0) is 32.4. The van der Waals surface area contributed by atoms with Gasteiger partial charge in [-0.1, -0.05) is 174 Å². The SMILES string of the molecule is Cc1[cH-]c2cccc([Si](C)(c3ccccc3)c3cccc4[cH-]c(C)c(-c5cccc6ccccc56)c34)c2c1-c1cccc2ccccc12.[CH3-].[CH3-].[Hf+4]. The predicted octanol–water partition coefficient (Wildman–Crippen LogP) is 11.7. The van der Waals surface area contributed by atoms with Crippen LogP contribution in [0, 0.1) is 28.7 Å². The zero-order valence-corrected chi connectivity index (χ0v) is 34.7. The van der Waals surface area contributed by atoms with Gasteiger partial charge in [0.25, 0.3) is 0 Å². The molecule has 9 rings (SSSR count). The Morgan fingerprint density at radius 2 is 0.824 bits per heavy atom. The summed E-state index contributed by atoms with van der Waals surface area (Å²) in [5.74, 6) is 0. The fourth-order valence-corrected chi connectivity index (χ4v) is 12.8. The van der Waals surface area contributed by atoms with Gasteiger partial charge in [0.15, 0.2) is 0 Å². The van der Waals surface area contributed by atoms with Gasteiger partial charge in [-0.05, 0) is 21.5 Å². The van der Waals surface area contributed by atoms with E-state index in [0.717, 1.165) is 0 Å². The van der Waals surface area contributed by atoms with Gasteiger partial charge in [0.05, 0.1) is 0 Å². The Morgan fingerprint density at radius 1 is 0.431 bits per heavy atom. The molecule has 0 bridgehead atoms. The Morgan fingerprint density at radius 3 is 1.29 bits per heavy atom. The molecule has 0 aliphatic rings. The second kappa shape index (κ2) is 14.2. The molecular formula is C49H42HfSi. The van der Waals surface area contributed by atoms with E-state index in [2.05, 4.69) is 184 Å². The van der Waals surface area contributed by atoms with Crippen LogP contribution in [0.5, 0.6) is 0 Å². The first-order valence-electron chi connectivity index (χ1n) is 16.9. The zero-order valence-electron chi connectivity index (χ0n) is 30.1. The Hall–Kier alpha value is -4.63. The molecule has 0 saturated heterocycles. The van der Waals surface area contributed by atoms with Crippen molar-refractivity contribution < 1.29 is 25.8 Å². The predicted molar refractivity (Wildman–Crippen MR) is 224 cm³/mol. The van der Waals surface area contributed by atoms with Crippen molar-refractivity contribution >= 4 is 66.7 Å². The molecule has 0 unspecified atom stereocenters. The largest absolute Gasteiger partial charge is 4.00 e. The van der Waals surface area contributed by atoms with E-state index in [-0.39, 0.29) is 40.7 Å². The minimum atomic E-state index is -2.64. The Labute approximate surface area is 322 Å². The van der Waals surface area contributed by atoms with Gasteiger partial charge >= 0.3 is 25.8 Å². The van der Waals surface area contributed by atoms with Crippen molar-refractivity contribution in [2.75, 3.05) is 0 Å². The molecule has 0 aliphatic heterocycles. The van der Waals surface area contributed by atoms with Crippen molar-refractivity contribution in [1.82, 2.24) is 0 Å². The van der Waals surface area contributed by atoms with E-state index in [9.17, 15) is 0 Å². The number of aryl methyl sites for hydroxylation is 2. The number of benzene rings is 7. The fourth-order valence-electron chi connectivity index (χ4n) is 8.59. The van der Waals surface area contributed by atoms with Crippen LogP contribution in [0.1, 0.15) is 11.1 Å². The third-order valence-electron chi connectivity index (χ3n) is 10.8. The quantitative estimate of drug-likeness (QED) is 0.0920. The van der Waals surface area contributed by atoms with E-state index in [0.29, 0.717) is 0 Å². The Kier molecular flexibility index (Phi) is 10.1. The molecule has 0 aromatic heterocycles. The van der Waals surface area contributed by atoms with Gasteiger partial charge in [-0.25, -0.2) is 0 Å². The molecule has 0 nitrogen and oxygen atoms in total. The van der Waals surface area contributed by atoms with Crippen LogP contribution >= 0.6 is 0 Å². The maximum atomic E-state index is 2.59. The summed E-state index contributed by atoms with van der Waals surface area (Å²) in [6.07, 6.45) is 0. The van der Waals surface area contributed by atoms with E-state index in [1.165, 1.54) is 92.0 Å². The fraction of sp³-hybridized carbons (Fsp3) is 0.0612. The molecule has 0 spiro atoms. The summed E-state index contributed by atoms with van der Waals surface area (Å²) in [7, 11) is -2.64. The third-order valence-corrected chi connectivity index (χ3v) is 15.2. The van der Waals surface area contributed by atoms with Gasteiger partial charge in [0.1, 0.15) is 8.07 Å². The summed E-state index contributed by atoms with van der Waals surface area (Å²) in [6.45, 7) is 7.18. The molecule has 0 heterocycles. The van der Waals surface area contributed by atoms with Crippen LogP contribution in [0.15, 0.2) is 164 Å². The molecule has 0 fully saturated rings. The first-order valence-corrected chi connectivity index (χ1v) is 19.4. The van der Waals surface area contributed by atoms with Crippen LogP contribution in [-0.2, 0) is 25.8 Å². The minimum absolute atomic E-state index is 0. The van der Waals surface area contributed by atoms with Gasteiger partial charge in [0.2, 0.25) is 0 Å². The van der Waals surface area contributed by atoms with Crippen molar-refractivity contribution in [2.24, 2.45) is 0 Å². The molecule has 0 aliphatic carbocycles. The number of rotatable bonds is 5. The molecule has 0 N–H and O–H groups in total. The number of fused-ring (bicyclic) bond motifs is 4. The second-order valence-corrected chi connectivity index (χ2v) is 17.4. The van der Waals surface area contributed by atoms with E-state index in [1.807, 2.05) is 0 Å². The molecule has 0 atom stereocenters. The van der Waals surface area contributed by atoms with Gasteiger partial charge < -0.3 is 14.9 Å². The summed E-state index contributed by atoms with van der Waals surface area (Å²) < 4.78 is 0. The van der Waals surface area contributed by atoms with Crippen LogP contribution in [0.25, 0.3) is 65.3 Å². The van der Waals surface area contributed by atoms with Gasteiger partial charge in [-0.3, -0.25) is 0 Å². The standard InChI is InChI=1S/C47H36Si.2CH3.Hf/c1-31-29-35-19-13-27-42(46(35)44(31)40-25-11-17-33-15-7-9-23-38(33)40)48(3,37-21-5-4-6-22-37)43-28-14-20-36-30-32(2)45(47(36)43)41-26-12-18-34-16-8-10-24-39(34)41;;;/h4-30H,1-3H3;2*1H3;/q-2;2*-1;+4. The van der Waals surface area contributed by atoms with Crippen LogP contribution in [-0.4, -0.2) is 8.07 Å². The van der Waals surface area contributed by atoms with E-state index < -0.39 is 8.07 Å². The van der Waals surface area contributed by atoms with Crippen LogP contribution in [0.4, 0.5) is 0 Å². The van der Waals surface area contributed by atoms with Gasteiger partial charge in [-0.2, -0.15) is 0 Å². The molecular weight excluding hydrogens is 795 g/mol. The van der Waals surface area contributed by atoms with Gasteiger partial charge in [-0.15, -0.1) is 80.2 Å². The maximum absolute atomic E-state index is 2.64. The van der Waals surface area contributed by atoms with Crippen molar-refractivity contribution in [3.05, 3.63) is 190 Å². The molecule has 0 radical (unpaired) electrons. The smallest absolute Gasteiger partial charge is 0.358 e. The Bertz CT molecular complexity index is 2480. The molecule has 51 heavy (non-hydrogen) atoms. The molecule has 0 saturated carbocycles. The normalized spacial score (nSPS) is 11.4. The van der Waals surface area contributed by atoms with E-state index in [4.69, 9.17) is 0 Å². The first-order chi connectivity index (χ1) is 23.5. The first kappa shape index (κ1) is 36.2. The number of hydrogen-bond acceptors (Lipinski definition) is 0. The number of hydrogen-bond donors (Lipinski definition) is 0. The minimum Gasteiger partial charge on any atom is -0.358 e. The van der Waals surface area contributed by atoms with Crippen molar-refractivity contribution in [3.63, 3.8) is 0 Å². The van der Waals surface area contributed by atoms with E-state index >= 15 is 0 Å². The Balaban J connectivity index is 0.00000149. The van der Waals surface area contributed by atoms with Crippen LogP contribution < -0.4 is 15.6 Å². The second-order valence-electron chi connectivity index (χ2n) is 13.5. The van der Waals surface area contributed by atoms with Crippen molar-refractivity contribution in [3.8, 4) is 22.3 Å². The summed E-state index contributed by atoms with van der Waals surface area (Å²) >= 11 is 0. The summed E-state index contributed by atoms with van der Waals surface area (Å²) in [6, 6.07) is 61.5. The summed E-state index contributed by atoms with van der Waals surface area (Å²) in [4.78, 5) is 0. The average molecular weight is 837 g/mol. The topological polar surface area (TPSA) is 0 Å². The van der Waals surface area contributed by atoms with E-state index in [1.54, 1.807) is 0 Å². The summed E-state index contributed by atoms with van der Waals surface area (Å²) in [5.41, 5.74) is 8.03. The van der Waals surface area contributed by atoms with Gasteiger partial charge in [0, 0.05) is 0 Å². The molecule has 0 amide bonds. The maximum Gasteiger partial charge on any atom is 4.00 e. The van der Waals surface area contributed by atoms with Crippen LogP contribution in [0.3, 0.4) is 0 Å².